The molecule has 1 aromatic carbocycles. The van der Waals surface area contributed by atoms with E-state index in [-0.39, 0.29) is 11.4 Å². The number of aromatic amines is 1. The van der Waals surface area contributed by atoms with E-state index in [1.54, 1.807) is 12.4 Å². The van der Waals surface area contributed by atoms with Gasteiger partial charge in [0.25, 0.3) is 0 Å². The molecule has 0 aliphatic carbocycles. The van der Waals surface area contributed by atoms with E-state index in [1.807, 2.05) is 6.07 Å². The third-order valence-electron chi connectivity index (χ3n) is 2.37. The third kappa shape index (κ3) is 2.04. The second kappa shape index (κ2) is 4.30. The number of nitrogens with zero attached hydrogens (tertiary/aromatic N) is 6. The van der Waals surface area contributed by atoms with Crippen molar-refractivity contribution in [2.24, 2.45) is 0 Å². The molecule has 0 radical (unpaired) electrons. The average Bonchev–Trinajstić information content (AvgIpc) is 3.08. The summed E-state index contributed by atoms with van der Waals surface area (Å²) in [4.78, 5) is 7.96. The zero-order valence-corrected chi connectivity index (χ0v) is 9.45. The molecule has 92 valence electrons. The highest BCUT2D eigenvalue weighted by Crippen LogP contribution is 2.13. The molecular formula is C11H6FN7. The quantitative estimate of drug-likeness (QED) is 0.738. The standard InChI is InChI=1S/C11H6FN7/c12-8-3-7(6-13)4-9(5-8)19-17-11(16-18-19)10-14-1-2-15-10/h1-5H,(H,14,15). The smallest absolute Gasteiger partial charge is 0.240 e. The SMILES string of the molecule is N#Cc1cc(F)cc(-n2nnc(-c3ncc[nH]3)n2)c1. The number of benzene rings is 1. The summed E-state index contributed by atoms with van der Waals surface area (Å²) in [5.41, 5.74) is 0.508. The van der Waals surface area contributed by atoms with Gasteiger partial charge in [0.05, 0.1) is 17.3 Å². The van der Waals surface area contributed by atoms with Crippen LogP contribution in [0.15, 0.2) is 30.6 Å². The van der Waals surface area contributed by atoms with Gasteiger partial charge in [-0.1, -0.05) is 0 Å². The summed E-state index contributed by atoms with van der Waals surface area (Å²) >= 11 is 0. The molecule has 2 heterocycles. The number of imidazole rings is 1. The fraction of sp³-hybridized carbons (Fsp3) is 0. The minimum absolute atomic E-state index is 0.187. The Kier molecular flexibility index (Phi) is 2.50. The van der Waals surface area contributed by atoms with E-state index >= 15 is 0 Å². The number of halogens is 1. The van der Waals surface area contributed by atoms with Crippen LogP contribution in [-0.2, 0) is 0 Å². The molecule has 2 aromatic heterocycles. The van der Waals surface area contributed by atoms with Crippen LogP contribution >= 0.6 is 0 Å². The van der Waals surface area contributed by atoms with Crippen LogP contribution in [0.1, 0.15) is 5.56 Å². The summed E-state index contributed by atoms with van der Waals surface area (Å²) in [6, 6.07) is 5.68. The number of nitrogens with one attached hydrogen (secondary N) is 1. The Morgan fingerprint density at radius 2 is 2.21 bits per heavy atom. The maximum absolute atomic E-state index is 13.3. The number of aromatic nitrogens is 6. The molecule has 1 N–H and O–H groups in total. The van der Waals surface area contributed by atoms with Gasteiger partial charge in [-0.15, -0.1) is 15.0 Å². The Bertz CT molecular complexity index is 754. The van der Waals surface area contributed by atoms with Crippen LogP contribution in [0, 0.1) is 17.1 Å². The molecule has 0 bridgehead atoms. The van der Waals surface area contributed by atoms with E-state index in [2.05, 4.69) is 25.4 Å². The normalized spacial score (nSPS) is 10.3. The maximum Gasteiger partial charge on any atom is 0.240 e. The maximum atomic E-state index is 13.3. The van der Waals surface area contributed by atoms with Crippen LogP contribution in [0.5, 0.6) is 0 Å². The molecule has 0 atom stereocenters. The fourth-order valence-electron chi connectivity index (χ4n) is 1.56. The van der Waals surface area contributed by atoms with Crippen LogP contribution in [0.2, 0.25) is 0 Å². The van der Waals surface area contributed by atoms with E-state index in [0.29, 0.717) is 11.5 Å². The highest BCUT2D eigenvalue weighted by molar-refractivity contribution is 5.43. The second-order valence-electron chi connectivity index (χ2n) is 3.65. The molecule has 0 aliphatic rings. The van der Waals surface area contributed by atoms with E-state index < -0.39 is 5.82 Å². The predicted molar refractivity (Wildman–Crippen MR) is 61.4 cm³/mol. The van der Waals surface area contributed by atoms with Gasteiger partial charge in [-0.05, 0) is 17.3 Å². The van der Waals surface area contributed by atoms with Gasteiger partial charge >= 0.3 is 0 Å². The molecule has 0 aliphatic heterocycles. The van der Waals surface area contributed by atoms with Gasteiger partial charge in [0.1, 0.15) is 5.82 Å². The number of hydrogen-bond acceptors (Lipinski definition) is 5. The zero-order valence-electron chi connectivity index (χ0n) is 9.45. The Balaban J connectivity index is 2.04. The van der Waals surface area contributed by atoms with Crippen molar-refractivity contribution in [3.63, 3.8) is 0 Å². The number of hydrogen-bond donors (Lipinski definition) is 1. The molecule has 0 saturated carbocycles. The monoisotopic (exact) mass is 255 g/mol. The van der Waals surface area contributed by atoms with Crippen LogP contribution in [0.25, 0.3) is 17.3 Å². The van der Waals surface area contributed by atoms with Crippen molar-refractivity contribution in [1.82, 2.24) is 30.2 Å². The molecule has 3 aromatic rings. The molecule has 0 amide bonds. The van der Waals surface area contributed by atoms with Gasteiger partial charge in [0, 0.05) is 18.5 Å². The lowest BCUT2D eigenvalue weighted by atomic mass is 10.2. The Morgan fingerprint density at radius 1 is 1.32 bits per heavy atom. The summed E-state index contributed by atoms with van der Waals surface area (Å²) in [5.74, 6) is 0.210. The van der Waals surface area contributed by atoms with Gasteiger partial charge in [-0.3, -0.25) is 0 Å². The van der Waals surface area contributed by atoms with Gasteiger partial charge in [-0.2, -0.15) is 5.26 Å². The second-order valence-corrected chi connectivity index (χ2v) is 3.65. The summed E-state index contributed by atoms with van der Waals surface area (Å²) in [6.45, 7) is 0. The Hall–Kier alpha value is -3.08. The molecule has 3 rings (SSSR count). The van der Waals surface area contributed by atoms with Crippen molar-refractivity contribution in [2.45, 2.75) is 0 Å². The van der Waals surface area contributed by atoms with Gasteiger partial charge in [0.2, 0.25) is 5.82 Å². The summed E-state index contributed by atoms with van der Waals surface area (Å²) < 4.78 is 13.3. The lowest BCUT2D eigenvalue weighted by Crippen LogP contribution is -2.00. The molecule has 8 heteroatoms. The number of tetrazole rings is 1. The molecule has 0 spiro atoms. The molecule has 0 unspecified atom stereocenters. The molecule has 0 saturated heterocycles. The first-order valence-electron chi connectivity index (χ1n) is 5.27. The lowest BCUT2D eigenvalue weighted by Gasteiger charge is -1.99. The Labute approximate surface area is 106 Å². The van der Waals surface area contributed by atoms with Crippen molar-refractivity contribution < 1.29 is 4.39 Å². The number of rotatable bonds is 2. The summed E-state index contributed by atoms with van der Waals surface area (Å²) in [6.07, 6.45) is 3.19. The summed E-state index contributed by atoms with van der Waals surface area (Å²) in [7, 11) is 0. The lowest BCUT2D eigenvalue weighted by molar-refractivity contribution is 0.620. The van der Waals surface area contributed by atoms with E-state index in [0.717, 1.165) is 10.9 Å². The molecular weight excluding hydrogens is 249 g/mol. The minimum Gasteiger partial charge on any atom is -0.342 e. The van der Waals surface area contributed by atoms with Crippen LogP contribution in [0.4, 0.5) is 4.39 Å². The highest BCUT2D eigenvalue weighted by atomic mass is 19.1. The van der Waals surface area contributed by atoms with Gasteiger partial charge in [0.15, 0.2) is 5.82 Å². The van der Waals surface area contributed by atoms with Crippen LogP contribution in [-0.4, -0.2) is 30.2 Å². The topological polar surface area (TPSA) is 96.1 Å². The van der Waals surface area contributed by atoms with Crippen molar-refractivity contribution in [3.8, 4) is 23.4 Å². The van der Waals surface area contributed by atoms with E-state index in [9.17, 15) is 4.39 Å². The predicted octanol–water partition coefficient (Wildman–Crippen LogP) is 1.06. The highest BCUT2D eigenvalue weighted by Gasteiger charge is 2.10. The van der Waals surface area contributed by atoms with Crippen molar-refractivity contribution >= 4 is 0 Å². The van der Waals surface area contributed by atoms with Gasteiger partial charge < -0.3 is 4.98 Å². The third-order valence-corrected chi connectivity index (χ3v) is 2.37. The first-order chi connectivity index (χ1) is 9.26. The zero-order chi connectivity index (χ0) is 13.2. The van der Waals surface area contributed by atoms with Crippen LogP contribution in [0.3, 0.4) is 0 Å². The number of H-pyrrole nitrogens is 1. The average molecular weight is 255 g/mol. The van der Waals surface area contributed by atoms with Crippen molar-refractivity contribution in [1.29, 1.82) is 5.26 Å². The molecule has 19 heavy (non-hydrogen) atoms. The first kappa shape index (κ1) is 11.0. The van der Waals surface area contributed by atoms with Crippen molar-refractivity contribution in [2.75, 3.05) is 0 Å². The molecule has 7 nitrogen and oxygen atoms in total. The minimum atomic E-state index is -0.536. The van der Waals surface area contributed by atoms with Crippen molar-refractivity contribution in [3.05, 3.63) is 42.0 Å². The van der Waals surface area contributed by atoms with Gasteiger partial charge in [-0.25, -0.2) is 9.37 Å². The fourth-order valence-corrected chi connectivity index (χ4v) is 1.56. The largest absolute Gasteiger partial charge is 0.342 e. The summed E-state index contributed by atoms with van der Waals surface area (Å²) in [5, 5.41) is 20.5. The first-order valence-corrected chi connectivity index (χ1v) is 5.27. The number of nitriles is 1. The van der Waals surface area contributed by atoms with Crippen LogP contribution < -0.4 is 0 Å². The van der Waals surface area contributed by atoms with E-state index in [4.69, 9.17) is 5.26 Å². The van der Waals surface area contributed by atoms with E-state index in [1.165, 1.54) is 12.1 Å². The molecule has 0 fully saturated rings. The Morgan fingerprint density at radius 3 is 2.95 bits per heavy atom.